The molecule has 3 aromatic rings. The average Bonchev–Trinajstić information content (AvgIpc) is 3.17. The Kier molecular flexibility index (Phi) is 5.14. The van der Waals surface area contributed by atoms with Gasteiger partial charge in [-0.2, -0.15) is 10.2 Å². The van der Waals surface area contributed by atoms with E-state index in [1.54, 1.807) is 16.8 Å². The number of pyridine rings is 1. The predicted octanol–water partition coefficient (Wildman–Crippen LogP) is 2.69. The summed E-state index contributed by atoms with van der Waals surface area (Å²) in [6.45, 7) is 2.18. The zero-order chi connectivity index (χ0) is 19.5. The van der Waals surface area contributed by atoms with Crippen molar-refractivity contribution in [3.63, 3.8) is 0 Å². The number of Topliss-reactive ketones (excluding diaryl/α,β-unsaturated/α-hetero) is 1. The van der Waals surface area contributed by atoms with Gasteiger partial charge in [-0.25, -0.2) is 14.2 Å². The fraction of sp³-hybridized carbons (Fsp3) is 0.381. The van der Waals surface area contributed by atoms with Crippen molar-refractivity contribution >= 4 is 17.0 Å². The molecule has 28 heavy (non-hydrogen) atoms. The fourth-order valence-electron chi connectivity index (χ4n) is 3.64. The van der Waals surface area contributed by atoms with Crippen LogP contribution in [0.15, 0.2) is 47.7 Å². The molecule has 0 aromatic carbocycles. The molecule has 0 saturated carbocycles. The molecule has 7 heteroatoms. The fourth-order valence-corrected chi connectivity index (χ4v) is 3.64. The lowest BCUT2D eigenvalue weighted by molar-refractivity contribution is -0.119. The Morgan fingerprint density at radius 3 is 2.96 bits per heavy atom. The van der Waals surface area contributed by atoms with Gasteiger partial charge in [0.1, 0.15) is 12.9 Å². The van der Waals surface area contributed by atoms with Crippen LogP contribution < -0.4 is 5.56 Å². The third kappa shape index (κ3) is 3.93. The standard InChI is InChI=1S/C21H23N5O2/c1-2-15-3-5-17(6-4-15)19-7-8-21(28)26(24-19)13-18(27)11-16-9-10-25-20(12-16)22-14-23-25/h5,7-10,12,14-15H,2-4,6,11,13H2,1H3. The van der Waals surface area contributed by atoms with E-state index in [-0.39, 0.29) is 24.3 Å². The molecule has 0 amide bonds. The van der Waals surface area contributed by atoms with E-state index in [1.807, 2.05) is 12.1 Å². The molecule has 0 N–H and O–H groups in total. The molecule has 0 bridgehead atoms. The second kappa shape index (κ2) is 7.88. The number of fused-ring (bicyclic) bond motifs is 1. The van der Waals surface area contributed by atoms with Gasteiger partial charge >= 0.3 is 0 Å². The summed E-state index contributed by atoms with van der Waals surface area (Å²) in [4.78, 5) is 28.8. The summed E-state index contributed by atoms with van der Waals surface area (Å²) in [5.74, 6) is 0.665. The van der Waals surface area contributed by atoms with Crippen molar-refractivity contribution in [2.45, 2.75) is 45.6 Å². The molecule has 0 aliphatic heterocycles. The third-order valence-electron chi connectivity index (χ3n) is 5.36. The smallest absolute Gasteiger partial charge is 0.267 e. The number of ketones is 1. The maximum atomic E-state index is 12.5. The highest BCUT2D eigenvalue weighted by Crippen LogP contribution is 2.30. The monoisotopic (exact) mass is 377 g/mol. The largest absolute Gasteiger partial charge is 0.297 e. The van der Waals surface area contributed by atoms with Gasteiger partial charge in [0.15, 0.2) is 11.4 Å². The van der Waals surface area contributed by atoms with Gasteiger partial charge in [0.2, 0.25) is 0 Å². The first-order chi connectivity index (χ1) is 13.6. The lowest BCUT2D eigenvalue weighted by atomic mass is 9.87. The van der Waals surface area contributed by atoms with Crippen molar-refractivity contribution in [3.8, 4) is 0 Å². The van der Waals surface area contributed by atoms with Crippen LogP contribution in [0, 0.1) is 5.92 Å². The highest BCUT2D eigenvalue weighted by molar-refractivity contribution is 5.80. The molecule has 1 unspecified atom stereocenters. The normalized spacial score (nSPS) is 16.9. The van der Waals surface area contributed by atoms with E-state index in [1.165, 1.54) is 29.1 Å². The van der Waals surface area contributed by atoms with Crippen molar-refractivity contribution in [2.24, 2.45) is 5.92 Å². The molecule has 0 radical (unpaired) electrons. The van der Waals surface area contributed by atoms with E-state index >= 15 is 0 Å². The minimum Gasteiger partial charge on any atom is -0.297 e. The highest BCUT2D eigenvalue weighted by Gasteiger charge is 2.16. The van der Waals surface area contributed by atoms with Crippen LogP contribution in [0.3, 0.4) is 0 Å². The van der Waals surface area contributed by atoms with E-state index in [0.29, 0.717) is 5.65 Å². The van der Waals surface area contributed by atoms with Crippen LogP contribution in [0.2, 0.25) is 0 Å². The average molecular weight is 377 g/mol. The van der Waals surface area contributed by atoms with Crippen LogP contribution in [0.5, 0.6) is 0 Å². The number of nitrogens with zero attached hydrogens (tertiary/aromatic N) is 5. The molecule has 144 valence electrons. The van der Waals surface area contributed by atoms with Crippen LogP contribution in [0.4, 0.5) is 0 Å². The van der Waals surface area contributed by atoms with Crippen molar-refractivity contribution in [3.05, 3.63) is 64.5 Å². The summed E-state index contributed by atoms with van der Waals surface area (Å²) < 4.78 is 2.92. The second-order valence-corrected chi connectivity index (χ2v) is 7.31. The van der Waals surface area contributed by atoms with Crippen LogP contribution >= 0.6 is 0 Å². The van der Waals surface area contributed by atoms with E-state index in [2.05, 4.69) is 28.2 Å². The number of allylic oxidation sites excluding steroid dienone is 2. The number of rotatable bonds is 6. The van der Waals surface area contributed by atoms with Crippen molar-refractivity contribution < 1.29 is 4.79 Å². The van der Waals surface area contributed by atoms with Crippen LogP contribution in [-0.2, 0) is 17.8 Å². The Morgan fingerprint density at radius 1 is 1.29 bits per heavy atom. The summed E-state index contributed by atoms with van der Waals surface area (Å²) in [5.41, 5.74) is 3.25. The Bertz CT molecular complexity index is 1100. The van der Waals surface area contributed by atoms with E-state index in [9.17, 15) is 9.59 Å². The topological polar surface area (TPSA) is 82.2 Å². The van der Waals surface area contributed by atoms with Crippen molar-refractivity contribution in [1.29, 1.82) is 0 Å². The molecule has 4 rings (SSSR count). The minimum atomic E-state index is -0.257. The number of hydrogen-bond acceptors (Lipinski definition) is 5. The molecule has 1 aliphatic carbocycles. The summed E-state index contributed by atoms with van der Waals surface area (Å²) in [6.07, 6.45) is 10.0. The van der Waals surface area contributed by atoms with Gasteiger partial charge < -0.3 is 0 Å². The lowest BCUT2D eigenvalue weighted by Crippen LogP contribution is -2.27. The van der Waals surface area contributed by atoms with Gasteiger partial charge in [0, 0.05) is 18.7 Å². The molecule has 3 aromatic heterocycles. The number of carbonyl (C=O) groups is 1. The van der Waals surface area contributed by atoms with Crippen LogP contribution in [-0.4, -0.2) is 30.2 Å². The quantitative estimate of drug-likeness (QED) is 0.660. The zero-order valence-electron chi connectivity index (χ0n) is 15.9. The highest BCUT2D eigenvalue weighted by atomic mass is 16.1. The first-order valence-electron chi connectivity index (χ1n) is 9.70. The maximum Gasteiger partial charge on any atom is 0.267 e. The van der Waals surface area contributed by atoms with Gasteiger partial charge in [-0.05, 0) is 54.5 Å². The number of carbonyl (C=O) groups excluding carboxylic acids is 1. The van der Waals surface area contributed by atoms with E-state index in [4.69, 9.17) is 0 Å². The lowest BCUT2D eigenvalue weighted by Gasteiger charge is -2.20. The third-order valence-corrected chi connectivity index (χ3v) is 5.36. The number of aromatic nitrogens is 5. The molecule has 7 nitrogen and oxygen atoms in total. The number of hydrogen-bond donors (Lipinski definition) is 0. The van der Waals surface area contributed by atoms with Gasteiger partial charge in [-0.3, -0.25) is 9.59 Å². The van der Waals surface area contributed by atoms with Gasteiger partial charge in [-0.1, -0.05) is 19.4 Å². The first-order valence-corrected chi connectivity index (χ1v) is 9.70. The van der Waals surface area contributed by atoms with Gasteiger partial charge in [-0.15, -0.1) is 0 Å². The molecule has 1 aliphatic rings. The zero-order valence-corrected chi connectivity index (χ0v) is 15.9. The van der Waals surface area contributed by atoms with Crippen LogP contribution in [0.25, 0.3) is 11.2 Å². The van der Waals surface area contributed by atoms with Crippen molar-refractivity contribution in [2.75, 3.05) is 0 Å². The molecule has 1 atom stereocenters. The Balaban J connectivity index is 1.48. The van der Waals surface area contributed by atoms with Crippen molar-refractivity contribution in [1.82, 2.24) is 24.4 Å². The Hall–Kier alpha value is -3.09. The second-order valence-electron chi connectivity index (χ2n) is 7.31. The molecule has 0 fully saturated rings. The first kappa shape index (κ1) is 18.3. The predicted molar refractivity (Wildman–Crippen MR) is 106 cm³/mol. The molecule has 0 spiro atoms. The summed E-state index contributed by atoms with van der Waals surface area (Å²) in [6, 6.07) is 6.93. The SMILES string of the molecule is CCC1CC=C(c2ccc(=O)n(CC(=O)Cc3ccn4ncnc4c3)n2)CC1. The summed E-state index contributed by atoms with van der Waals surface area (Å²) in [5, 5.41) is 8.50. The summed E-state index contributed by atoms with van der Waals surface area (Å²) >= 11 is 0. The molecular formula is C21H23N5O2. The van der Waals surface area contributed by atoms with Gasteiger partial charge in [0.25, 0.3) is 5.56 Å². The maximum absolute atomic E-state index is 12.5. The van der Waals surface area contributed by atoms with E-state index in [0.717, 1.165) is 36.4 Å². The van der Waals surface area contributed by atoms with E-state index < -0.39 is 0 Å². The minimum absolute atomic E-state index is 0.0323. The van der Waals surface area contributed by atoms with Gasteiger partial charge in [0.05, 0.1) is 5.69 Å². The Morgan fingerprint density at radius 2 is 2.18 bits per heavy atom. The molecule has 0 saturated heterocycles. The molecular weight excluding hydrogens is 354 g/mol. The van der Waals surface area contributed by atoms with Crippen LogP contribution in [0.1, 0.15) is 43.9 Å². The molecule has 3 heterocycles. The summed E-state index contributed by atoms with van der Waals surface area (Å²) in [7, 11) is 0. The Labute approximate surface area is 162 Å².